The van der Waals surface area contributed by atoms with Crippen LogP contribution in [0.3, 0.4) is 0 Å². The number of fused-ring (bicyclic) bond motifs is 2. The van der Waals surface area contributed by atoms with Crippen molar-refractivity contribution in [3.05, 3.63) is 90.8 Å². The van der Waals surface area contributed by atoms with Gasteiger partial charge in [-0.2, -0.15) is 0 Å². The van der Waals surface area contributed by atoms with Crippen LogP contribution in [0.2, 0.25) is 0 Å². The van der Waals surface area contributed by atoms with Gasteiger partial charge in [-0.05, 0) is 56.0 Å². The van der Waals surface area contributed by atoms with Crippen LogP contribution in [0.4, 0.5) is 5.88 Å². The van der Waals surface area contributed by atoms with E-state index in [4.69, 9.17) is 18.9 Å². The number of hydrogen-bond donors (Lipinski definition) is 0. The number of ether oxygens (including phenoxy) is 2. The first-order valence-corrected chi connectivity index (χ1v) is 14.4. The van der Waals surface area contributed by atoms with Crippen LogP contribution in [0.15, 0.2) is 74.0 Å². The molecule has 0 spiro atoms. The van der Waals surface area contributed by atoms with Crippen molar-refractivity contribution in [3.8, 4) is 5.75 Å². The van der Waals surface area contributed by atoms with Crippen molar-refractivity contribution in [1.82, 2.24) is 4.57 Å². The van der Waals surface area contributed by atoms with Crippen LogP contribution in [-0.4, -0.2) is 37.3 Å². The van der Waals surface area contributed by atoms with Crippen LogP contribution in [0.1, 0.15) is 50.5 Å². The van der Waals surface area contributed by atoms with Gasteiger partial charge in [0.05, 0.1) is 29.5 Å². The predicted octanol–water partition coefficient (Wildman–Crippen LogP) is 4.54. The number of benzene rings is 2. The normalized spacial score (nSPS) is 17.6. The maximum Gasteiger partial charge on any atom is 0.338 e. The highest BCUT2D eigenvalue weighted by atomic mass is 32.1. The van der Waals surface area contributed by atoms with Gasteiger partial charge in [-0.3, -0.25) is 9.36 Å². The second-order valence-electron chi connectivity index (χ2n) is 9.93. The summed E-state index contributed by atoms with van der Waals surface area (Å²) in [5, 5.41) is 1.86. The average molecular weight is 558 g/mol. The van der Waals surface area contributed by atoms with E-state index >= 15 is 0 Å². The zero-order valence-corrected chi connectivity index (χ0v) is 23.6. The molecule has 6 rings (SSSR count). The molecule has 2 aromatic carbocycles. The maximum atomic E-state index is 14.1. The zero-order chi connectivity index (χ0) is 27.8. The summed E-state index contributed by atoms with van der Waals surface area (Å²) >= 11 is 1.28. The minimum Gasteiger partial charge on any atom is -0.496 e. The van der Waals surface area contributed by atoms with Gasteiger partial charge in [0.15, 0.2) is 10.7 Å². The molecule has 0 saturated carbocycles. The Hall–Kier alpha value is -4.11. The Morgan fingerprint density at radius 3 is 2.70 bits per heavy atom. The van der Waals surface area contributed by atoms with Crippen molar-refractivity contribution in [2.45, 2.75) is 39.2 Å². The Morgan fingerprint density at radius 1 is 1.12 bits per heavy atom. The van der Waals surface area contributed by atoms with E-state index in [2.05, 4.69) is 4.90 Å². The molecule has 1 unspecified atom stereocenters. The molecule has 40 heavy (non-hydrogen) atoms. The molecular formula is C31H31N3O5S. The standard InChI is InChI=1S/C31H31N3O5S/c1-4-38-30(36)26-19(2)32-31-34(28(26)27-22-11-7-6-10-20(22)12-14-23(27)37-3)29(35)24(40-31)18-21-13-15-25(39-21)33-16-8-5-9-17-33/h6-7,10-15,18,28H,4-5,8-9,16-17H2,1-3H3/b24-18-. The zero-order valence-electron chi connectivity index (χ0n) is 22.8. The summed E-state index contributed by atoms with van der Waals surface area (Å²) in [5.41, 5.74) is 1.29. The third-order valence-electron chi connectivity index (χ3n) is 7.49. The second kappa shape index (κ2) is 10.8. The summed E-state index contributed by atoms with van der Waals surface area (Å²) in [6.45, 7) is 5.69. The molecule has 2 aliphatic rings. The second-order valence-corrected chi connectivity index (χ2v) is 10.9. The minimum atomic E-state index is -0.779. The van der Waals surface area contributed by atoms with Gasteiger partial charge in [0.1, 0.15) is 17.6 Å². The molecule has 9 heteroatoms. The lowest BCUT2D eigenvalue weighted by Gasteiger charge is -2.27. The number of allylic oxidation sites excluding steroid dienone is 1. The molecule has 2 aliphatic heterocycles. The number of nitrogens with zero attached hydrogens (tertiary/aromatic N) is 3. The van der Waals surface area contributed by atoms with Gasteiger partial charge < -0.3 is 18.8 Å². The predicted molar refractivity (Wildman–Crippen MR) is 156 cm³/mol. The lowest BCUT2D eigenvalue weighted by atomic mass is 9.90. The highest BCUT2D eigenvalue weighted by Gasteiger charge is 2.36. The van der Waals surface area contributed by atoms with E-state index in [0.717, 1.165) is 48.2 Å². The molecule has 2 aromatic heterocycles. The van der Waals surface area contributed by atoms with Crippen LogP contribution in [0.5, 0.6) is 5.75 Å². The Morgan fingerprint density at radius 2 is 1.93 bits per heavy atom. The largest absolute Gasteiger partial charge is 0.496 e. The maximum absolute atomic E-state index is 14.1. The third-order valence-corrected chi connectivity index (χ3v) is 8.48. The quantitative estimate of drug-likeness (QED) is 0.324. The summed E-state index contributed by atoms with van der Waals surface area (Å²) in [6, 6.07) is 14.8. The summed E-state index contributed by atoms with van der Waals surface area (Å²) in [7, 11) is 1.59. The van der Waals surface area contributed by atoms with Gasteiger partial charge in [0, 0.05) is 30.8 Å². The first-order chi connectivity index (χ1) is 19.5. The fraction of sp³-hybridized carbons (Fsp3) is 0.323. The molecule has 0 radical (unpaired) electrons. The monoisotopic (exact) mass is 557 g/mol. The van der Waals surface area contributed by atoms with E-state index in [1.54, 1.807) is 31.6 Å². The molecule has 4 aromatic rings. The Balaban J connectivity index is 1.55. The summed E-state index contributed by atoms with van der Waals surface area (Å²) in [5.74, 6) is 1.49. The fourth-order valence-corrected chi connectivity index (χ4v) is 6.66. The third kappa shape index (κ3) is 4.54. The highest BCUT2D eigenvalue weighted by Crippen LogP contribution is 2.40. The van der Waals surface area contributed by atoms with E-state index in [9.17, 15) is 9.59 Å². The van der Waals surface area contributed by atoms with Gasteiger partial charge >= 0.3 is 5.97 Å². The van der Waals surface area contributed by atoms with Gasteiger partial charge in [0.2, 0.25) is 0 Å². The fourth-order valence-electron chi connectivity index (χ4n) is 5.63. The van der Waals surface area contributed by atoms with Gasteiger partial charge in [0.25, 0.3) is 5.56 Å². The molecule has 1 saturated heterocycles. The molecule has 0 amide bonds. The molecule has 4 heterocycles. The lowest BCUT2D eigenvalue weighted by molar-refractivity contribution is -0.139. The van der Waals surface area contributed by atoms with Crippen LogP contribution < -0.4 is 24.5 Å². The van der Waals surface area contributed by atoms with Crippen molar-refractivity contribution < 1.29 is 18.7 Å². The van der Waals surface area contributed by atoms with E-state index in [0.29, 0.717) is 32.1 Å². The number of rotatable bonds is 6. The molecule has 0 bridgehead atoms. The van der Waals surface area contributed by atoms with Crippen molar-refractivity contribution in [2.24, 2.45) is 4.99 Å². The number of methoxy groups -OCH3 is 1. The first-order valence-electron chi connectivity index (χ1n) is 13.6. The topological polar surface area (TPSA) is 86.3 Å². The number of hydrogen-bond acceptors (Lipinski definition) is 8. The number of esters is 1. The lowest BCUT2D eigenvalue weighted by Crippen LogP contribution is -2.40. The number of thiazole rings is 1. The highest BCUT2D eigenvalue weighted by molar-refractivity contribution is 7.07. The Kier molecular flexibility index (Phi) is 7.06. The van der Waals surface area contributed by atoms with Gasteiger partial charge in [-0.15, -0.1) is 0 Å². The Bertz CT molecular complexity index is 1810. The summed E-state index contributed by atoms with van der Waals surface area (Å²) in [6.07, 6.45) is 5.29. The van der Waals surface area contributed by atoms with Crippen molar-refractivity contribution in [1.29, 1.82) is 0 Å². The van der Waals surface area contributed by atoms with Crippen LogP contribution in [0, 0.1) is 0 Å². The number of piperidine rings is 1. The SMILES string of the molecule is CCOC(=O)C1=C(C)N=c2s/c(=C\c3ccc(N4CCCCC4)o3)c(=O)n2C1c1c(OC)ccc2ccccc12. The molecule has 8 nitrogen and oxygen atoms in total. The Labute approximate surface area is 235 Å². The van der Waals surface area contributed by atoms with Crippen molar-refractivity contribution in [2.75, 3.05) is 31.7 Å². The smallest absolute Gasteiger partial charge is 0.338 e. The number of carbonyl (C=O) groups is 1. The van der Waals surface area contributed by atoms with E-state index in [1.165, 1.54) is 17.8 Å². The molecular weight excluding hydrogens is 526 g/mol. The van der Waals surface area contributed by atoms with Gasteiger partial charge in [-0.25, -0.2) is 9.79 Å². The molecule has 0 aliphatic carbocycles. The van der Waals surface area contributed by atoms with E-state index in [-0.39, 0.29) is 12.2 Å². The van der Waals surface area contributed by atoms with Crippen molar-refractivity contribution >= 4 is 40.0 Å². The van der Waals surface area contributed by atoms with E-state index < -0.39 is 12.0 Å². The molecule has 1 fully saturated rings. The summed E-state index contributed by atoms with van der Waals surface area (Å²) < 4.78 is 19.5. The number of anilines is 1. The average Bonchev–Trinajstić information content (AvgIpc) is 3.56. The van der Waals surface area contributed by atoms with Crippen LogP contribution >= 0.6 is 11.3 Å². The van der Waals surface area contributed by atoms with Crippen LogP contribution in [-0.2, 0) is 9.53 Å². The number of carbonyl (C=O) groups excluding carboxylic acids is 1. The minimum absolute atomic E-state index is 0.206. The summed E-state index contributed by atoms with van der Waals surface area (Å²) in [4.78, 5) is 34.9. The molecule has 1 atom stereocenters. The van der Waals surface area contributed by atoms with E-state index in [1.807, 2.05) is 48.5 Å². The molecule has 0 N–H and O–H groups in total. The van der Waals surface area contributed by atoms with Gasteiger partial charge in [-0.1, -0.05) is 41.7 Å². The number of aromatic nitrogens is 1. The number of furan rings is 1. The van der Waals surface area contributed by atoms with Crippen molar-refractivity contribution in [3.63, 3.8) is 0 Å². The first kappa shape index (κ1) is 26.1. The molecule has 206 valence electrons. The van der Waals surface area contributed by atoms with Crippen LogP contribution in [0.25, 0.3) is 16.8 Å².